The van der Waals surface area contributed by atoms with Gasteiger partial charge in [-0.15, -0.1) is 0 Å². The molecule has 1 aliphatic heterocycles. The number of piperidine rings is 1. The number of ketones is 1. The van der Waals surface area contributed by atoms with E-state index in [0.717, 1.165) is 29.8 Å². The normalized spacial score (nSPS) is 17.6. The number of aromatic nitrogens is 2. The van der Waals surface area contributed by atoms with Gasteiger partial charge in [-0.1, -0.05) is 19.1 Å². The van der Waals surface area contributed by atoms with E-state index < -0.39 is 17.7 Å². The molecule has 1 N–H and O–H groups in total. The monoisotopic (exact) mass is 393 g/mol. The van der Waals surface area contributed by atoms with Crippen LogP contribution in [0, 0.1) is 12.8 Å². The topological polar surface area (TPSA) is 66.1 Å². The number of halogens is 3. The van der Waals surface area contributed by atoms with Gasteiger partial charge in [-0.3, -0.25) is 14.7 Å². The number of nitrogens with one attached hydrogen (secondary N) is 1. The summed E-state index contributed by atoms with van der Waals surface area (Å²) in [6.45, 7) is 4.58. The lowest BCUT2D eigenvalue weighted by atomic mass is 9.89. The van der Waals surface area contributed by atoms with Crippen molar-refractivity contribution in [2.75, 3.05) is 13.1 Å². The minimum atomic E-state index is -4.44. The van der Waals surface area contributed by atoms with Gasteiger partial charge >= 0.3 is 6.18 Å². The summed E-state index contributed by atoms with van der Waals surface area (Å²) in [5, 5.41) is 6.98. The Hall–Kier alpha value is -2.64. The van der Waals surface area contributed by atoms with Crippen molar-refractivity contribution >= 4 is 11.7 Å². The van der Waals surface area contributed by atoms with Gasteiger partial charge in [-0.25, -0.2) is 0 Å². The zero-order valence-electron chi connectivity index (χ0n) is 15.8. The number of aryl methyl sites for hydroxylation is 1. The molecule has 2 heterocycles. The summed E-state index contributed by atoms with van der Waals surface area (Å²) >= 11 is 0. The zero-order chi connectivity index (χ0) is 20.5. The van der Waals surface area contributed by atoms with Gasteiger partial charge in [0.05, 0.1) is 5.56 Å². The van der Waals surface area contributed by atoms with E-state index in [1.54, 1.807) is 4.90 Å². The van der Waals surface area contributed by atoms with Gasteiger partial charge < -0.3 is 4.90 Å². The number of rotatable bonds is 4. The molecule has 5 nitrogen and oxygen atoms in total. The Morgan fingerprint density at radius 1 is 1.25 bits per heavy atom. The minimum absolute atomic E-state index is 0.224. The summed E-state index contributed by atoms with van der Waals surface area (Å²) in [7, 11) is 0. The molecule has 0 saturated carbocycles. The van der Waals surface area contributed by atoms with Gasteiger partial charge in [0, 0.05) is 35.8 Å². The Balaban J connectivity index is 1.73. The van der Waals surface area contributed by atoms with Gasteiger partial charge in [-0.05, 0) is 38.3 Å². The van der Waals surface area contributed by atoms with E-state index in [2.05, 4.69) is 10.2 Å². The van der Waals surface area contributed by atoms with Gasteiger partial charge in [0.15, 0.2) is 11.5 Å². The minimum Gasteiger partial charge on any atom is -0.337 e. The number of nitrogens with zero attached hydrogens (tertiary/aromatic N) is 2. The van der Waals surface area contributed by atoms with Crippen LogP contribution >= 0.6 is 0 Å². The highest BCUT2D eigenvalue weighted by atomic mass is 19.4. The first kappa shape index (κ1) is 20.1. The predicted octanol–water partition coefficient (Wildman–Crippen LogP) is 4.03. The van der Waals surface area contributed by atoms with Crippen LogP contribution in [0.25, 0.3) is 0 Å². The van der Waals surface area contributed by atoms with E-state index in [9.17, 15) is 22.8 Å². The van der Waals surface area contributed by atoms with E-state index in [0.29, 0.717) is 25.1 Å². The fourth-order valence-corrected chi connectivity index (χ4v) is 3.57. The molecule has 0 radical (unpaired) electrons. The third-order valence-electron chi connectivity index (χ3n) is 5.24. The quantitative estimate of drug-likeness (QED) is 0.798. The molecule has 28 heavy (non-hydrogen) atoms. The van der Waals surface area contributed by atoms with Crippen molar-refractivity contribution in [3.8, 4) is 0 Å². The average molecular weight is 393 g/mol. The lowest BCUT2D eigenvalue weighted by molar-refractivity contribution is -0.137. The molecule has 1 aromatic heterocycles. The molecule has 1 aromatic carbocycles. The number of amides is 1. The van der Waals surface area contributed by atoms with Gasteiger partial charge in [0.25, 0.3) is 5.91 Å². The molecule has 1 fully saturated rings. The molecule has 1 amide bonds. The summed E-state index contributed by atoms with van der Waals surface area (Å²) in [4.78, 5) is 27.2. The summed E-state index contributed by atoms with van der Waals surface area (Å²) < 4.78 is 38.1. The summed E-state index contributed by atoms with van der Waals surface area (Å²) in [5.74, 6) is -0.892. The van der Waals surface area contributed by atoms with Crippen LogP contribution in [-0.2, 0) is 12.6 Å². The first-order chi connectivity index (χ1) is 13.2. The summed E-state index contributed by atoms with van der Waals surface area (Å²) in [5.41, 5.74) is 1.52. The van der Waals surface area contributed by atoms with Crippen molar-refractivity contribution in [2.24, 2.45) is 5.92 Å². The second kappa shape index (κ2) is 7.77. The maximum absolute atomic E-state index is 12.8. The number of Topliss-reactive ketones (excluding diaryl/α,β-unsaturated/α-hetero) is 1. The number of alkyl halides is 3. The molecule has 0 unspecified atom stereocenters. The second-order valence-corrected chi connectivity index (χ2v) is 7.06. The van der Waals surface area contributed by atoms with E-state index in [1.165, 1.54) is 12.1 Å². The smallest absolute Gasteiger partial charge is 0.337 e. The van der Waals surface area contributed by atoms with Crippen LogP contribution in [0.2, 0.25) is 0 Å². The molecular formula is C20H22F3N3O2. The maximum atomic E-state index is 12.8. The maximum Gasteiger partial charge on any atom is 0.416 e. The van der Waals surface area contributed by atoms with Gasteiger partial charge in [0.2, 0.25) is 0 Å². The van der Waals surface area contributed by atoms with Crippen LogP contribution in [0.1, 0.15) is 57.4 Å². The highest BCUT2D eigenvalue weighted by Crippen LogP contribution is 2.30. The van der Waals surface area contributed by atoms with Crippen molar-refractivity contribution in [3.05, 3.63) is 52.3 Å². The number of benzene rings is 1. The van der Waals surface area contributed by atoms with Crippen molar-refractivity contribution in [3.63, 3.8) is 0 Å². The molecule has 2 aromatic rings. The Bertz CT molecular complexity index is 872. The lowest BCUT2D eigenvalue weighted by Gasteiger charge is -2.31. The van der Waals surface area contributed by atoms with E-state index >= 15 is 0 Å². The molecule has 1 saturated heterocycles. The predicted molar refractivity (Wildman–Crippen MR) is 97.1 cm³/mol. The highest BCUT2D eigenvalue weighted by Gasteiger charge is 2.33. The van der Waals surface area contributed by atoms with Gasteiger partial charge in [0.1, 0.15) is 0 Å². The molecule has 0 aliphatic carbocycles. The van der Waals surface area contributed by atoms with E-state index in [-0.39, 0.29) is 23.8 Å². The van der Waals surface area contributed by atoms with Crippen LogP contribution in [-0.4, -0.2) is 39.9 Å². The van der Waals surface area contributed by atoms with Crippen molar-refractivity contribution < 1.29 is 22.8 Å². The summed E-state index contributed by atoms with van der Waals surface area (Å²) in [6.07, 6.45) is -2.44. The fourth-order valence-electron chi connectivity index (χ4n) is 3.57. The summed E-state index contributed by atoms with van der Waals surface area (Å²) in [6, 6.07) is 4.24. The third kappa shape index (κ3) is 3.95. The average Bonchev–Trinajstić information content (AvgIpc) is 3.06. The largest absolute Gasteiger partial charge is 0.416 e. The zero-order valence-corrected chi connectivity index (χ0v) is 15.8. The van der Waals surface area contributed by atoms with Crippen LogP contribution < -0.4 is 0 Å². The molecule has 0 bridgehead atoms. The molecule has 3 rings (SSSR count). The molecule has 1 aliphatic rings. The van der Waals surface area contributed by atoms with Crippen LogP contribution in [0.3, 0.4) is 0 Å². The van der Waals surface area contributed by atoms with Crippen molar-refractivity contribution in [1.82, 2.24) is 15.1 Å². The lowest BCUT2D eigenvalue weighted by Crippen LogP contribution is -2.42. The Labute approximate surface area is 160 Å². The Morgan fingerprint density at radius 2 is 1.93 bits per heavy atom. The van der Waals surface area contributed by atoms with Crippen LogP contribution in [0.5, 0.6) is 0 Å². The molecule has 150 valence electrons. The van der Waals surface area contributed by atoms with Crippen LogP contribution in [0.15, 0.2) is 24.3 Å². The SMILES string of the molecule is CCc1[nH]nc(C(=O)N2CCC[C@@H](C(=O)c3ccc(C(F)(F)F)cc3)C2)c1C. The molecule has 8 heteroatoms. The molecule has 1 atom stereocenters. The number of H-pyrrole nitrogens is 1. The van der Waals surface area contributed by atoms with Gasteiger partial charge in [-0.2, -0.15) is 18.3 Å². The number of likely N-dealkylation sites (tertiary alicyclic amines) is 1. The van der Waals surface area contributed by atoms with Crippen molar-refractivity contribution in [1.29, 1.82) is 0 Å². The molecular weight excluding hydrogens is 371 g/mol. The number of aromatic amines is 1. The second-order valence-electron chi connectivity index (χ2n) is 7.06. The fraction of sp³-hybridized carbons (Fsp3) is 0.450. The third-order valence-corrected chi connectivity index (χ3v) is 5.24. The number of hydrogen-bond donors (Lipinski definition) is 1. The highest BCUT2D eigenvalue weighted by molar-refractivity contribution is 5.99. The number of hydrogen-bond acceptors (Lipinski definition) is 3. The van der Waals surface area contributed by atoms with Crippen molar-refractivity contribution in [2.45, 2.75) is 39.3 Å². The van der Waals surface area contributed by atoms with E-state index in [4.69, 9.17) is 0 Å². The Kier molecular flexibility index (Phi) is 5.58. The number of carbonyl (C=O) groups excluding carboxylic acids is 2. The Morgan fingerprint density at radius 3 is 2.50 bits per heavy atom. The standard InChI is InChI=1S/C20H22F3N3O2/c1-3-16-12(2)17(25-24-16)19(28)26-10-4-5-14(11-26)18(27)13-6-8-15(9-7-13)20(21,22)23/h6-9,14H,3-5,10-11H2,1-2H3,(H,24,25)/t14-/m1/s1. The number of carbonyl (C=O) groups is 2. The first-order valence-corrected chi connectivity index (χ1v) is 9.27. The first-order valence-electron chi connectivity index (χ1n) is 9.27. The van der Waals surface area contributed by atoms with Crippen LogP contribution in [0.4, 0.5) is 13.2 Å². The van der Waals surface area contributed by atoms with E-state index in [1.807, 2.05) is 13.8 Å². The molecule has 0 spiro atoms.